The molecule has 3 rings (SSSR count). The molecule has 0 aromatic heterocycles. The Hall–Kier alpha value is -1.84. The van der Waals surface area contributed by atoms with Gasteiger partial charge < -0.3 is 15.1 Å². The Morgan fingerprint density at radius 2 is 1.92 bits per heavy atom. The molecule has 0 spiro atoms. The number of β-amino-alcohol motifs (C(OH)–C–C–N with tert-alkyl or cyclic N) is 1. The molecule has 1 unspecified atom stereocenters. The van der Waals surface area contributed by atoms with Crippen LogP contribution in [0.3, 0.4) is 0 Å². The highest BCUT2D eigenvalue weighted by Crippen LogP contribution is 2.40. The fraction of sp³-hybridized carbons (Fsp3) is 0.455. The van der Waals surface area contributed by atoms with Crippen LogP contribution in [0.15, 0.2) is 54.6 Å². The number of nitrogens with zero attached hydrogens (tertiary/aromatic N) is 1. The molecule has 0 amide bonds. The molecule has 1 fully saturated rings. The molecule has 1 aliphatic rings. The number of benzene rings is 2. The fourth-order valence-corrected chi connectivity index (χ4v) is 4.02. The number of aliphatic hydroxyl groups is 1. The van der Waals surface area contributed by atoms with Gasteiger partial charge in [0.05, 0.1) is 6.10 Å². The van der Waals surface area contributed by atoms with E-state index in [-0.39, 0.29) is 11.5 Å². The number of aliphatic hydroxyl groups excluding tert-OH is 1. The summed E-state index contributed by atoms with van der Waals surface area (Å²) in [4.78, 5) is 2.38. The lowest BCUT2D eigenvalue weighted by atomic mass is 9.68. The van der Waals surface area contributed by atoms with Crippen LogP contribution in [0.1, 0.15) is 31.4 Å². The molecule has 3 nitrogen and oxygen atoms in total. The summed E-state index contributed by atoms with van der Waals surface area (Å²) >= 11 is 0. The smallest absolute Gasteiger partial charge is 0.115 e. The summed E-state index contributed by atoms with van der Waals surface area (Å²) in [5.74, 6) is 0.804. The van der Waals surface area contributed by atoms with Gasteiger partial charge in [0.25, 0.3) is 0 Å². The number of aromatic hydroxyl groups is 1. The zero-order valence-electron chi connectivity index (χ0n) is 15.2. The van der Waals surface area contributed by atoms with Crippen molar-refractivity contribution in [3.8, 4) is 5.75 Å². The molecule has 0 aliphatic carbocycles. The maximum Gasteiger partial charge on any atom is 0.115 e. The summed E-state index contributed by atoms with van der Waals surface area (Å²) in [6.07, 6.45) is 1.41. The molecule has 0 radical (unpaired) electrons. The minimum atomic E-state index is -0.334. The van der Waals surface area contributed by atoms with Crippen LogP contribution in [0, 0.1) is 5.92 Å². The molecule has 3 heteroatoms. The van der Waals surface area contributed by atoms with E-state index in [0.29, 0.717) is 18.1 Å². The average molecular weight is 339 g/mol. The van der Waals surface area contributed by atoms with Crippen molar-refractivity contribution in [2.75, 3.05) is 19.6 Å². The van der Waals surface area contributed by atoms with Crippen molar-refractivity contribution in [1.82, 2.24) is 4.90 Å². The summed E-state index contributed by atoms with van der Waals surface area (Å²) in [6.45, 7) is 7.24. The Morgan fingerprint density at radius 1 is 1.16 bits per heavy atom. The fourth-order valence-electron chi connectivity index (χ4n) is 4.02. The SMILES string of the molecule is C[C@@H]1CN(CC(O)Cc2ccccc2)CC[C@]1(C)c1cccc(O)c1. The van der Waals surface area contributed by atoms with E-state index >= 15 is 0 Å². The van der Waals surface area contributed by atoms with Crippen LogP contribution in [-0.2, 0) is 11.8 Å². The molecule has 1 saturated heterocycles. The topological polar surface area (TPSA) is 43.7 Å². The van der Waals surface area contributed by atoms with Crippen molar-refractivity contribution in [2.24, 2.45) is 5.92 Å². The van der Waals surface area contributed by atoms with E-state index in [9.17, 15) is 10.2 Å². The van der Waals surface area contributed by atoms with Crippen LogP contribution in [0.4, 0.5) is 0 Å². The van der Waals surface area contributed by atoms with Crippen molar-refractivity contribution >= 4 is 0 Å². The Labute approximate surface area is 150 Å². The second kappa shape index (κ2) is 7.59. The summed E-state index contributed by atoms with van der Waals surface area (Å²) in [7, 11) is 0. The molecule has 3 atom stereocenters. The van der Waals surface area contributed by atoms with Crippen LogP contribution in [-0.4, -0.2) is 40.9 Å². The van der Waals surface area contributed by atoms with Gasteiger partial charge in [-0.15, -0.1) is 0 Å². The van der Waals surface area contributed by atoms with Gasteiger partial charge in [-0.3, -0.25) is 0 Å². The van der Waals surface area contributed by atoms with E-state index in [0.717, 1.165) is 26.1 Å². The third kappa shape index (κ3) is 4.23. The van der Waals surface area contributed by atoms with E-state index in [4.69, 9.17) is 0 Å². The molecule has 0 bridgehead atoms. The zero-order chi connectivity index (χ0) is 17.9. The van der Waals surface area contributed by atoms with Gasteiger partial charge in [0, 0.05) is 13.1 Å². The van der Waals surface area contributed by atoms with Gasteiger partial charge in [-0.05, 0) is 54.0 Å². The van der Waals surface area contributed by atoms with E-state index in [2.05, 4.69) is 36.9 Å². The summed E-state index contributed by atoms with van der Waals surface area (Å²) < 4.78 is 0. The third-order valence-electron chi connectivity index (χ3n) is 5.86. The van der Waals surface area contributed by atoms with Crippen molar-refractivity contribution in [1.29, 1.82) is 0 Å². The monoisotopic (exact) mass is 339 g/mol. The van der Waals surface area contributed by atoms with E-state index < -0.39 is 0 Å². The highest BCUT2D eigenvalue weighted by atomic mass is 16.3. The van der Waals surface area contributed by atoms with Crippen molar-refractivity contribution in [3.05, 3.63) is 65.7 Å². The van der Waals surface area contributed by atoms with Gasteiger partial charge in [0.15, 0.2) is 0 Å². The second-order valence-electron chi connectivity index (χ2n) is 7.72. The minimum Gasteiger partial charge on any atom is -0.508 e. The predicted molar refractivity (Wildman–Crippen MR) is 102 cm³/mol. The lowest BCUT2D eigenvalue weighted by molar-refractivity contribution is 0.0584. The third-order valence-corrected chi connectivity index (χ3v) is 5.86. The quantitative estimate of drug-likeness (QED) is 0.875. The molecule has 1 aliphatic heterocycles. The number of phenols is 1. The van der Waals surface area contributed by atoms with Gasteiger partial charge in [-0.25, -0.2) is 0 Å². The highest BCUT2D eigenvalue weighted by molar-refractivity contribution is 5.33. The Morgan fingerprint density at radius 3 is 2.60 bits per heavy atom. The maximum absolute atomic E-state index is 10.4. The number of rotatable bonds is 5. The first kappa shape index (κ1) is 18.0. The number of phenolic OH excluding ortho intramolecular Hbond substituents is 1. The van der Waals surface area contributed by atoms with Crippen molar-refractivity contribution in [2.45, 2.75) is 38.2 Å². The molecular weight excluding hydrogens is 310 g/mol. The molecule has 134 valence electrons. The van der Waals surface area contributed by atoms with E-state index in [1.165, 1.54) is 11.1 Å². The molecule has 25 heavy (non-hydrogen) atoms. The lowest BCUT2D eigenvalue weighted by Crippen LogP contribution is -2.49. The van der Waals surface area contributed by atoms with E-state index in [1.807, 2.05) is 30.3 Å². The predicted octanol–water partition coefficient (Wildman–Crippen LogP) is 3.60. The maximum atomic E-state index is 10.4. The Bertz CT molecular complexity index is 687. The van der Waals surface area contributed by atoms with Gasteiger partial charge in [0.2, 0.25) is 0 Å². The number of likely N-dealkylation sites (tertiary alicyclic amines) is 1. The van der Waals surface area contributed by atoms with Crippen LogP contribution in [0.2, 0.25) is 0 Å². The van der Waals surface area contributed by atoms with Gasteiger partial charge >= 0.3 is 0 Å². The van der Waals surface area contributed by atoms with Crippen molar-refractivity contribution in [3.63, 3.8) is 0 Å². The largest absolute Gasteiger partial charge is 0.508 e. The van der Waals surface area contributed by atoms with Crippen LogP contribution >= 0.6 is 0 Å². The number of hydrogen-bond donors (Lipinski definition) is 2. The summed E-state index contributed by atoms with van der Waals surface area (Å²) in [5.41, 5.74) is 2.47. The second-order valence-corrected chi connectivity index (χ2v) is 7.72. The Kier molecular flexibility index (Phi) is 5.45. The minimum absolute atomic E-state index is 0.0691. The van der Waals surface area contributed by atoms with Crippen molar-refractivity contribution < 1.29 is 10.2 Å². The number of hydrogen-bond acceptors (Lipinski definition) is 3. The highest BCUT2D eigenvalue weighted by Gasteiger charge is 2.38. The van der Waals surface area contributed by atoms with Gasteiger partial charge in [-0.2, -0.15) is 0 Å². The first-order valence-electron chi connectivity index (χ1n) is 9.21. The molecule has 2 aromatic carbocycles. The van der Waals surface area contributed by atoms with Crippen LogP contribution in [0.25, 0.3) is 0 Å². The van der Waals surface area contributed by atoms with Gasteiger partial charge in [-0.1, -0.05) is 56.3 Å². The normalized spacial score (nSPS) is 25.6. The van der Waals surface area contributed by atoms with E-state index in [1.54, 1.807) is 6.07 Å². The number of piperidine rings is 1. The molecular formula is C22H29NO2. The van der Waals surface area contributed by atoms with Crippen LogP contribution < -0.4 is 0 Å². The summed E-state index contributed by atoms with van der Waals surface area (Å²) in [5, 5.41) is 20.3. The Balaban J connectivity index is 1.60. The molecule has 1 heterocycles. The molecule has 2 N–H and O–H groups in total. The molecule has 2 aromatic rings. The standard InChI is InChI=1S/C22H29NO2/c1-17-15-23(16-21(25)13-18-7-4-3-5-8-18)12-11-22(17,2)19-9-6-10-20(24)14-19/h3-10,14,17,21,24-25H,11-13,15-16H2,1-2H3/t17-,21?,22+/m1/s1. The lowest BCUT2D eigenvalue weighted by Gasteiger charge is -2.45. The zero-order valence-corrected chi connectivity index (χ0v) is 15.2. The average Bonchev–Trinajstić information content (AvgIpc) is 2.59. The first-order chi connectivity index (χ1) is 12.0. The first-order valence-corrected chi connectivity index (χ1v) is 9.21. The molecule has 0 saturated carbocycles. The van der Waals surface area contributed by atoms with Gasteiger partial charge in [0.1, 0.15) is 5.75 Å². The summed E-state index contributed by atoms with van der Waals surface area (Å²) in [6, 6.07) is 17.9. The van der Waals surface area contributed by atoms with Crippen LogP contribution in [0.5, 0.6) is 5.75 Å².